The Bertz CT molecular complexity index is 922. The van der Waals surface area contributed by atoms with Crippen molar-refractivity contribution in [2.75, 3.05) is 12.4 Å². The summed E-state index contributed by atoms with van der Waals surface area (Å²) in [7, 11) is 1.55. The molecule has 0 heterocycles. The van der Waals surface area contributed by atoms with Crippen molar-refractivity contribution in [3.8, 4) is 5.75 Å². The van der Waals surface area contributed by atoms with Crippen molar-refractivity contribution in [3.05, 3.63) is 95.6 Å². The zero-order valence-corrected chi connectivity index (χ0v) is 14.9. The molecule has 0 unspecified atom stereocenters. The van der Waals surface area contributed by atoms with Crippen molar-refractivity contribution in [3.63, 3.8) is 0 Å². The Morgan fingerprint density at radius 2 is 1.48 bits per heavy atom. The summed E-state index contributed by atoms with van der Waals surface area (Å²) >= 11 is 0. The van der Waals surface area contributed by atoms with Crippen molar-refractivity contribution in [1.82, 2.24) is 5.32 Å². The van der Waals surface area contributed by atoms with Gasteiger partial charge in [0.25, 0.3) is 11.8 Å². The average molecular weight is 360 g/mol. The summed E-state index contributed by atoms with van der Waals surface area (Å²) in [6.07, 6.45) is 0. The molecule has 0 radical (unpaired) electrons. The normalized spacial score (nSPS) is 10.1. The van der Waals surface area contributed by atoms with Gasteiger partial charge < -0.3 is 15.4 Å². The Kier molecular flexibility index (Phi) is 5.84. The number of carbonyl (C=O) groups excluding carboxylic acids is 2. The van der Waals surface area contributed by atoms with Gasteiger partial charge in [-0.25, -0.2) is 0 Å². The van der Waals surface area contributed by atoms with Crippen molar-refractivity contribution in [2.45, 2.75) is 6.61 Å². The first-order valence-electron chi connectivity index (χ1n) is 8.56. The third-order valence-corrected chi connectivity index (χ3v) is 4.01. The van der Waals surface area contributed by atoms with Crippen LogP contribution in [0.2, 0.25) is 0 Å². The first-order chi connectivity index (χ1) is 13.2. The second kappa shape index (κ2) is 8.67. The monoisotopic (exact) mass is 360 g/mol. The number of amides is 2. The van der Waals surface area contributed by atoms with Crippen LogP contribution in [0.1, 0.15) is 26.3 Å². The van der Waals surface area contributed by atoms with Gasteiger partial charge in [-0.2, -0.15) is 0 Å². The molecule has 0 spiro atoms. The number of hydrogen-bond donors (Lipinski definition) is 2. The van der Waals surface area contributed by atoms with E-state index in [0.717, 1.165) is 5.56 Å². The minimum atomic E-state index is -0.291. The molecule has 0 atom stereocenters. The van der Waals surface area contributed by atoms with E-state index in [1.165, 1.54) is 0 Å². The van der Waals surface area contributed by atoms with Gasteiger partial charge in [-0.15, -0.1) is 0 Å². The van der Waals surface area contributed by atoms with Crippen molar-refractivity contribution >= 4 is 17.5 Å². The predicted molar refractivity (Wildman–Crippen MR) is 105 cm³/mol. The molecular weight excluding hydrogens is 340 g/mol. The molecular formula is C22H20N2O3. The number of ether oxygens (including phenoxy) is 1. The second-order valence-electron chi connectivity index (χ2n) is 5.88. The van der Waals surface area contributed by atoms with Crippen LogP contribution in [0.5, 0.6) is 5.75 Å². The summed E-state index contributed by atoms with van der Waals surface area (Å²) in [5, 5.41) is 5.34. The van der Waals surface area contributed by atoms with Crippen LogP contribution in [0.3, 0.4) is 0 Å². The van der Waals surface area contributed by atoms with Gasteiger partial charge in [-0.3, -0.25) is 9.59 Å². The summed E-state index contributed by atoms with van der Waals surface area (Å²) in [6, 6.07) is 23.6. The summed E-state index contributed by atoms with van der Waals surface area (Å²) in [5.41, 5.74) is 2.43. The summed E-state index contributed by atoms with van der Waals surface area (Å²) in [4.78, 5) is 24.4. The molecule has 0 bridgehead atoms. The Balaban J connectivity index is 1.65. The molecule has 0 fully saturated rings. The van der Waals surface area contributed by atoms with E-state index in [-0.39, 0.29) is 11.8 Å². The van der Waals surface area contributed by atoms with Crippen LogP contribution < -0.4 is 15.4 Å². The fourth-order valence-corrected chi connectivity index (χ4v) is 2.56. The molecule has 0 aliphatic heterocycles. The van der Waals surface area contributed by atoms with Crippen molar-refractivity contribution < 1.29 is 14.3 Å². The van der Waals surface area contributed by atoms with Gasteiger partial charge in [0.05, 0.1) is 11.3 Å². The fraction of sp³-hybridized carbons (Fsp3) is 0.0909. The fourth-order valence-electron chi connectivity index (χ4n) is 2.56. The first kappa shape index (κ1) is 18.2. The maximum atomic E-state index is 12.5. The molecule has 27 heavy (non-hydrogen) atoms. The van der Waals surface area contributed by atoms with Crippen LogP contribution in [0.15, 0.2) is 78.9 Å². The molecule has 3 aromatic rings. The lowest BCUT2D eigenvalue weighted by Crippen LogP contribution is -2.21. The van der Waals surface area contributed by atoms with Gasteiger partial charge in [0.15, 0.2) is 0 Å². The smallest absolute Gasteiger partial charge is 0.255 e. The van der Waals surface area contributed by atoms with Gasteiger partial charge in [-0.1, -0.05) is 42.5 Å². The quantitative estimate of drug-likeness (QED) is 0.701. The van der Waals surface area contributed by atoms with Crippen LogP contribution in [0, 0.1) is 0 Å². The first-order valence-corrected chi connectivity index (χ1v) is 8.56. The number of rotatable bonds is 6. The average Bonchev–Trinajstić information content (AvgIpc) is 2.73. The Morgan fingerprint density at radius 1 is 0.815 bits per heavy atom. The minimum absolute atomic E-state index is 0.254. The van der Waals surface area contributed by atoms with Crippen LogP contribution in [0.25, 0.3) is 0 Å². The molecule has 0 aliphatic rings. The molecule has 136 valence electrons. The van der Waals surface area contributed by atoms with Gasteiger partial charge in [0, 0.05) is 12.6 Å². The highest BCUT2D eigenvalue weighted by Gasteiger charge is 2.13. The van der Waals surface area contributed by atoms with Crippen molar-refractivity contribution in [2.24, 2.45) is 0 Å². The summed E-state index contributed by atoms with van der Waals surface area (Å²) in [6.45, 7) is 0.464. The third kappa shape index (κ3) is 4.73. The highest BCUT2D eigenvalue weighted by molar-refractivity contribution is 6.08. The van der Waals surface area contributed by atoms with E-state index in [2.05, 4.69) is 10.6 Å². The van der Waals surface area contributed by atoms with Crippen LogP contribution in [-0.4, -0.2) is 18.9 Å². The highest BCUT2D eigenvalue weighted by atomic mass is 16.5. The molecule has 0 aliphatic carbocycles. The van der Waals surface area contributed by atoms with E-state index in [0.29, 0.717) is 29.2 Å². The molecule has 2 amide bonds. The van der Waals surface area contributed by atoms with Crippen LogP contribution >= 0.6 is 0 Å². The minimum Gasteiger partial charge on any atom is -0.489 e. The molecule has 3 rings (SSSR count). The Labute approximate surface area is 158 Å². The van der Waals surface area contributed by atoms with E-state index in [1.54, 1.807) is 55.6 Å². The summed E-state index contributed by atoms with van der Waals surface area (Å²) in [5.74, 6) is 0.137. The molecule has 5 heteroatoms. The lowest BCUT2D eigenvalue weighted by molar-refractivity contribution is 0.0964. The largest absolute Gasteiger partial charge is 0.489 e. The topological polar surface area (TPSA) is 67.4 Å². The molecule has 5 nitrogen and oxygen atoms in total. The van der Waals surface area contributed by atoms with Gasteiger partial charge in [-0.05, 0) is 42.0 Å². The number of hydrogen-bond acceptors (Lipinski definition) is 3. The maximum Gasteiger partial charge on any atom is 0.255 e. The molecule has 0 saturated heterocycles. The number of nitrogens with one attached hydrogen (secondary N) is 2. The van der Waals surface area contributed by atoms with E-state index in [9.17, 15) is 9.59 Å². The highest BCUT2D eigenvalue weighted by Crippen LogP contribution is 2.18. The molecule has 0 saturated carbocycles. The van der Waals surface area contributed by atoms with E-state index in [1.807, 2.05) is 30.3 Å². The van der Waals surface area contributed by atoms with Crippen molar-refractivity contribution in [1.29, 1.82) is 0 Å². The lowest BCUT2D eigenvalue weighted by atomic mass is 10.1. The molecule has 0 aromatic heterocycles. The van der Waals surface area contributed by atoms with E-state index in [4.69, 9.17) is 4.74 Å². The van der Waals surface area contributed by atoms with Gasteiger partial charge in [0.1, 0.15) is 12.4 Å². The SMILES string of the molecule is CNC(=O)c1ccccc1NC(=O)c1ccc(OCc2ccccc2)cc1. The predicted octanol–water partition coefficient (Wildman–Crippen LogP) is 3.88. The Morgan fingerprint density at radius 3 is 2.19 bits per heavy atom. The Hall–Kier alpha value is -3.60. The standard InChI is InChI=1S/C22H20N2O3/c1-23-22(26)19-9-5-6-10-20(19)24-21(25)17-11-13-18(14-12-17)27-15-16-7-3-2-4-8-16/h2-14H,15H2,1H3,(H,23,26)(H,24,25). The maximum absolute atomic E-state index is 12.5. The van der Waals surface area contributed by atoms with Crippen LogP contribution in [-0.2, 0) is 6.61 Å². The molecule has 2 N–H and O–H groups in total. The van der Waals surface area contributed by atoms with Gasteiger partial charge >= 0.3 is 0 Å². The van der Waals surface area contributed by atoms with E-state index < -0.39 is 0 Å². The van der Waals surface area contributed by atoms with E-state index >= 15 is 0 Å². The number of anilines is 1. The number of benzene rings is 3. The zero-order valence-electron chi connectivity index (χ0n) is 14.9. The summed E-state index contributed by atoms with van der Waals surface area (Å²) < 4.78 is 5.73. The molecule has 3 aromatic carbocycles. The number of para-hydroxylation sites is 1. The number of carbonyl (C=O) groups is 2. The second-order valence-corrected chi connectivity index (χ2v) is 5.88. The lowest BCUT2D eigenvalue weighted by Gasteiger charge is -2.11. The zero-order chi connectivity index (χ0) is 19.1. The van der Waals surface area contributed by atoms with Crippen LogP contribution in [0.4, 0.5) is 5.69 Å². The third-order valence-electron chi connectivity index (χ3n) is 4.01. The van der Waals surface area contributed by atoms with Gasteiger partial charge in [0.2, 0.25) is 0 Å².